The fraction of sp³-hybridized carbons (Fsp3) is 0.333. The van der Waals surface area contributed by atoms with Crippen LogP contribution in [-0.4, -0.2) is 28.0 Å². The number of hydrogen-bond donors (Lipinski definition) is 2. The standard InChI is InChI=1S/C15H19BrN4S/c16-14-11-19-20(12-14)10-4-8-17-15(21)18-9-7-13-5-2-1-3-6-13/h1-3,5-6,11-12H,4,7-10H2,(H2,17,18,21). The Morgan fingerprint density at radius 3 is 2.67 bits per heavy atom. The van der Waals surface area contributed by atoms with Crippen molar-refractivity contribution in [3.63, 3.8) is 0 Å². The normalized spacial score (nSPS) is 10.3. The maximum atomic E-state index is 5.25. The van der Waals surface area contributed by atoms with Crippen molar-refractivity contribution in [3.8, 4) is 0 Å². The highest BCUT2D eigenvalue weighted by molar-refractivity contribution is 9.10. The van der Waals surface area contributed by atoms with E-state index < -0.39 is 0 Å². The minimum absolute atomic E-state index is 0.715. The minimum atomic E-state index is 0.715. The number of aryl methyl sites for hydroxylation is 1. The van der Waals surface area contributed by atoms with Gasteiger partial charge in [0.1, 0.15) is 0 Å². The first-order valence-electron chi connectivity index (χ1n) is 6.97. The van der Waals surface area contributed by atoms with Gasteiger partial charge in [-0.25, -0.2) is 0 Å². The van der Waals surface area contributed by atoms with Crippen LogP contribution >= 0.6 is 28.1 Å². The Labute approximate surface area is 139 Å². The molecule has 0 amide bonds. The van der Waals surface area contributed by atoms with Crippen LogP contribution in [0.25, 0.3) is 0 Å². The Hall–Kier alpha value is -1.40. The molecule has 4 nitrogen and oxygen atoms in total. The van der Waals surface area contributed by atoms with Gasteiger partial charge in [-0.2, -0.15) is 5.10 Å². The van der Waals surface area contributed by atoms with Crippen molar-refractivity contribution in [3.05, 3.63) is 52.8 Å². The molecule has 1 aromatic carbocycles. The fourth-order valence-electron chi connectivity index (χ4n) is 1.93. The van der Waals surface area contributed by atoms with Crippen LogP contribution in [0.4, 0.5) is 0 Å². The van der Waals surface area contributed by atoms with Crippen molar-refractivity contribution in [1.29, 1.82) is 0 Å². The molecule has 0 unspecified atom stereocenters. The van der Waals surface area contributed by atoms with E-state index in [0.717, 1.165) is 36.9 Å². The number of nitrogens with zero attached hydrogens (tertiary/aromatic N) is 2. The summed E-state index contributed by atoms with van der Waals surface area (Å²) in [7, 11) is 0. The summed E-state index contributed by atoms with van der Waals surface area (Å²) < 4.78 is 2.92. The molecule has 1 aromatic heterocycles. The van der Waals surface area contributed by atoms with Crippen molar-refractivity contribution in [2.45, 2.75) is 19.4 Å². The van der Waals surface area contributed by atoms with E-state index in [1.807, 2.05) is 16.9 Å². The van der Waals surface area contributed by atoms with Crippen molar-refractivity contribution in [1.82, 2.24) is 20.4 Å². The number of nitrogens with one attached hydrogen (secondary N) is 2. The van der Waals surface area contributed by atoms with E-state index in [0.29, 0.717) is 5.11 Å². The van der Waals surface area contributed by atoms with Gasteiger partial charge in [0.15, 0.2) is 5.11 Å². The smallest absolute Gasteiger partial charge is 0.166 e. The Bertz CT molecular complexity index is 556. The maximum absolute atomic E-state index is 5.25. The lowest BCUT2D eigenvalue weighted by molar-refractivity contribution is 0.571. The van der Waals surface area contributed by atoms with Crippen molar-refractivity contribution >= 4 is 33.3 Å². The molecule has 0 radical (unpaired) electrons. The third kappa shape index (κ3) is 6.27. The van der Waals surface area contributed by atoms with Crippen LogP contribution in [0.2, 0.25) is 0 Å². The Balaban J connectivity index is 1.53. The average Bonchev–Trinajstić information content (AvgIpc) is 2.90. The van der Waals surface area contributed by atoms with E-state index in [1.54, 1.807) is 6.20 Å². The molecule has 0 saturated heterocycles. The van der Waals surface area contributed by atoms with Gasteiger partial charge in [-0.05, 0) is 46.6 Å². The molecule has 2 N–H and O–H groups in total. The molecule has 0 spiro atoms. The number of rotatable bonds is 7. The lowest BCUT2D eigenvalue weighted by Crippen LogP contribution is -2.37. The molecule has 1 heterocycles. The summed E-state index contributed by atoms with van der Waals surface area (Å²) in [6, 6.07) is 10.4. The summed E-state index contributed by atoms with van der Waals surface area (Å²) >= 11 is 8.63. The zero-order valence-corrected chi connectivity index (χ0v) is 14.2. The zero-order chi connectivity index (χ0) is 14.9. The minimum Gasteiger partial charge on any atom is -0.363 e. The van der Waals surface area contributed by atoms with Gasteiger partial charge in [0.2, 0.25) is 0 Å². The van der Waals surface area contributed by atoms with Gasteiger partial charge in [-0.15, -0.1) is 0 Å². The van der Waals surface area contributed by atoms with Crippen LogP contribution in [0, 0.1) is 0 Å². The largest absolute Gasteiger partial charge is 0.363 e. The number of benzene rings is 1. The van der Waals surface area contributed by atoms with Gasteiger partial charge < -0.3 is 10.6 Å². The van der Waals surface area contributed by atoms with Crippen LogP contribution < -0.4 is 10.6 Å². The van der Waals surface area contributed by atoms with Gasteiger partial charge in [-0.1, -0.05) is 30.3 Å². The first-order valence-corrected chi connectivity index (χ1v) is 8.18. The van der Waals surface area contributed by atoms with E-state index >= 15 is 0 Å². The number of aromatic nitrogens is 2. The Kier molecular flexibility index (Phi) is 6.69. The number of halogens is 1. The lowest BCUT2D eigenvalue weighted by atomic mass is 10.1. The second kappa shape index (κ2) is 8.79. The molecule has 0 aliphatic rings. The molecule has 2 aromatic rings. The zero-order valence-electron chi connectivity index (χ0n) is 11.8. The van der Waals surface area contributed by atoms with Crippen LogP contribution in [0.15, 0.2) is 47.2 Å². The van der Waals surface area contributed by atoms with Crippen LogP contribution in [-0.2, 0) is 13.0 Å². The summed E-state index contributed by atoms with van der Waals surface area (Å²) in [5.74, 6) is 0. The molecule has 0 fully saturated rings. The van der Waals surface area contributed by atoms with Gasteiger partial charge in [0, 0.05) is 25.8 Å². The second-order valence-electron chi connectivity index (χ2n) is 4.69. The molecule has 0 bridgehead atoms. The molecule has 6 heteroatoms. The molecule has 0 aliphatic heterocycles. The van der Waals surface area contributed by atoms with Crippen LogP contribution in [0.3, 0.4) is 0 Å². The van der Waals surface area contributed by atoms with Gasteiger partial charge in [-0.3, -0.25) is 4.68 Å². The van der Waals surface area contributed by atoms with E-state index in [-0.39, 0.29) is 0 Å². The molecule has 112 valence electrons. The van der Waals surface area contributed by atoms with E-state index in [4.69, 9.17) is 12.2 Å². The SMILES string of the molecule is S=C(NCCCn1cc(Br)cn1)NCCc1ccccc1. The lowest BCUT2D eigenvalue weighted by Gasteiger charge is -2.10. The predicted molar refractivity (Wildman–Crippen MR) is 93.3 cm³/mol. The summed E-state index contributed by atoms with van der Waals surface area (Å²) in [6.45, 7) is 2.57. The Morgan fingerprint density at radius 2 is 1.95 bits per heavy atom. The van der Waals surface area contributed by atoms with Crippen molar-refractivity contribution in [2.75, 3.05) is 13.1 Å². The topological polar surface area (TPSA) is 41.9 Å². The van der Waals surface area contributed by atoms with E-state index in [9.17, 15) is 0 Å². The summed E-state index contributed by atoms with van der Waals surface area (Å²) in [6.07, 6.45) is 5.72. The first-order chi connectivity index (χ1) is 10.2. The summed E-state index contributed by atoms with van der Waals surface area (Å²) in [5.41, 5.74) is 1.32. The van der Waals surface area contributed by atoms with Crippen LogP contribution in [0.1, 0.15) is 12.0 Å². The summed E-state index contributed by atoms with van der Waals surface area (Å²) in [4.78, 5) is 0. The van der Waals surface area contributed by atoms with Gasteiger partial charge >= 0.3 is 0 Å². The number of hydrogen-bond acceptors (Lipinski definition) is 2. The van der Waals surface area contributed by atoms with E-state index in [2.05, 4.69) is 55.9 Å². The highest BCUT2D eigenvalue weighted by Gasteiger charge is 1.97. The predicted octanol–water partition coefficient (Wildman–Crippen LogP) is 2.74. The fourth-order valence-corrected chi connectivity index (χ4v) is 2.46. The van der Waals surface area contributed by atoms with Gasteiger partial charge in [0.25, 0.3) is 0 Å². The molecular weight excluding hydrogens is 348 g/mol. The third-order valence-corrected chi connectivity index (χ3v) is 3.69. The van der Waals surface area contributed by atoms with E-state index in [1.165, 1.54) is 5.56 Å². The molecule has 2 rings (SSSR count). The quantitative estimate of drug-likeness (QED) is 0.583. The number of thiocarbonyl (C=S) groups is 1. The van der Waals surface area contributed by atoms with Crippen LogP contribution in [0.5, 0.6) is 0 Å². The summed E-state index contributed by atoms with van der Waals surface area (Å²) in [5, 5.41) is 11.4. The highest BCUT2D eigenvalue weighted by Crippen LogP contribution is 2.06. The maximum Gasteiger partial charge on any atom is 0.166 e. The average molecular weight is 367 g/mol. The highest BCUT2D eigenvalue weighted by atomic mass is 79.9. The van der Waals surface area contributed by atoms with Crippen molar-refractivity contribution < 1.29 is 0 Å². The Morgan fingerprint density at radius 1 is 1.19 bits per heavy atom. The van der Waals surface area contributed by atoms with Gasteiger partial charge in [0.05, 0.1) is 10.7 Å². The molecule has 0 saturated carbocycles. The monoisotopic (exact) mass is 366 g/mol. The molecule has 0 atom stereocenters. The second-order valence-corrected chi connectivity index (χ2v) is 6.02. The first kappa shape index (κ1) is 16.0. The molecule has 21 heavy (non-hydrogen) atoms. The molecular formula is C15H19BrN4S. The molecule has 0 aliphatic carbocycles. The third-order valence-electron chi connectivity index (χ3n) is 2.99. The van der Waals surface area contributed by atoms with Crippen molar-refractivity contribution in [2.24, 2.45) is 0 Å².